The number of aryl methyl sites for hydroxylation is 1. The molecule has 0 aliphatic heterocycles. The molecule has 102 valence electrons. The van der Waals surface area contributed by atoms with Gasteiger partial charge in [0.05, 0.1) is 12.1 Å². The molecule has 0 bridgehead atoms. The molecule has 2 heteroatoms. The van der Waals surface area contributed by atoms with Gasteiger partial charge in [0.1, 0.15) is 0 Å². The standard InChI is InChI=1S/C16H27NO/c1-12(2)10-11-18-14(4)16(17-5)15-8-6-13(3)7-9-15/h6-9,12,14,16-17H,10-11H2,1-5H3. The zero-order valence-corrected chi connectivity index (χ0v) is 12.4. The molecule has 0 saturated heterocycles. The molecule has 0 spiro atoms. The largest absolute Gasteiger partial charge is 0.377 e. The van der Waals surface area contributed by atoms with Crippen LogP contribution < -0.4 is 5.32 Å². The van der Waals surface area contributed by atoms with Gasteiger partial charge in [-0.2, -0.15) is 0 Å². The van der Waals surface area contributed by atoms with Gasteiger partial charge in [0.2, 0.25) is 0 Å². The summed E-state index contributed by atoms with van der Waals surface area (Å²) < 4.78 is 5.93. The smallest absolute Gasteiger partial charge is 0.0741 e. The van der Waals surface area contributed by atoms with Gasteiger partial charge in [-0.1, -0.05) is 43.7 Å². The van der Waals surface area contributed by atoms with Crippen LogP contribution in [-0.2, 0) is 4.74 Å². The number of ether oxygens (including phenoxy) is 1. The molecule has 0 fully saturated rings. The Morgan fingerprint density at radius 2 is 1.72 bits per heavy atom. The summed E-state index contributed by atoms with van der Waals surface area (Å²) in [6.07, 6.45) is 1.31. The minimum atomic E-state index is 0.191. The Labute approximate surface area is 112 Å². The molecule has 0 amide bonds. The van der Waals surface area contributed by atoms with Crippen molar-refractivity contribution >= 4 is 0 Å². The Balaban J connectivity index is 2.56. The third-order valence-electron chi connectivity index (χ3n) is 3.29. The third-order valence-corrected chi connectivity index (χ3v) is 3.29. The second-order valence-corrected chi connectivity index (χ2v) is 5.44. The van der Waals surface area contributed by atoms with Gasteiger partial charge in [0.15, 0.2) is 0 Å². The normalized spacial score (nSPS) is 14.8. The van der Waals surface area contributed by atoms with Gasteiger partial charge < -0.3 is 10.1 Å². The summed E-state index contributed by atoms with van der Waals surface area (Å²) in [5.41, 5.74) is 2.59. The summed E-state index contributed by atoms with van der Waals surface area (Å²) in [5.74, 6) is 0.699. The molecule has 0 aromatic heterocycles. The summed E-state index contributed by atoms with van der Waals surface area (Å²) >= 11 is 0. The molecular weight excluding hydrogens is 222 g/mol. The van der Waals surface area contributed by atoms with Gasteiger partial charge in [-0.15, -0.1) is 0 Å². The molecular formula is C16H27NO. The van der Waals surface area contributed by atoms with E-state index in [1.54, 1.807) is 0 Å². The Bertz CT molecular complexity index is 331. The monoisotopic (exact) mass is 249 g/mol. The highest BCUT2D eigenvalue weighted by molar-refractivity contribution is 5.24. The minimum absolute atomic E-state index is 0.191. The van der Waals surface area contributed by atoms with Crippen molar-refractivity contribution in [2.24, 2.45) is 5.92 Å². The van der Waals surface area contributed by atoms with E-state index in [1.165, 1.54) is 11.1 Å². The van der Waals surface area contributed by atoms with Crippen molar-refractivity contribution in [1.82, 2.24) is 5.32 Å². The lowest BCUT2D eigenvalue weighted by Crippen LogP contribution is -2.30. The molecule has 18 heavy (non-hydrogen) atoms. The number of nitrogens with one attached hydrogen (secondary N) is 1. The number of benzene rings is 1. The van der Waals surface area contributed by atoms with Crippen molar-refractivity contribution in [3.63, 3.8) is 0 Å². The Morgan fingerprint density at radius 1 is 1.11 bits per heavy atom. The number of hydrogen-bond acceptors (Lipinski definition) is 2. The van der Waals surface area contributed by atoms with Crippen molar-refractivity contribution in [1.29, 1.82) is 0 Å². The number of hydrogen-bond donors (Lipinski definition) is 1. The van der Waals surface area contributed by atoms with Crippen LogP contribution in [0, 0.1) is 12.8 Å². The van der Waals surface area contributed by atoms with Crippen LogP contribution in [0.5, 0.6) is 0 Å². The summed E-state index contributed by atoms with van der Waals surface area (Å²) in [7, 11) is 1.99. The van der Waals surface area contributed by atoms with Gasteiger partial charge >= 0.3 is 0 Å². The van der Waals surface area contributed by atoms with Crippen LogP contribution >= 0.6 is 0 Å². The fourth-order valence-corrected chi connectivity index (χ4v) is 2.03. The molecule has 0 aliphatic rings. The Kier molecular flexibility index (Phi) is 6.37. The molecule has 1 rings (SSSR count). The summed E-state index contributed by atoms with van der Waals surface area (Å²) in [5, 5.41) is 3.35. The van der Waals surface area contributed by atoms with Gasteiger partial charge in [-0.25, -0.2) is 0 Å². The van der Waals surface area contributed by atoms with Gasteiger partial charge in [0, 0.05) is 6.61 Å². The maximum Gasteiger partial charge on any atom is 0.0741 e. The first-order valence-electron chi connectivity index (χ1n) is 6.90. The van der Waals surface area contributed by atoms with Gasteiger partial charge in [-0.05, 0) is 38.8 Å². The lowest BCUT2D eigenvalue weighted by molar-refractivity contribution is 0.0343. The maximum atomic E-state index is 5.93. The first-order chi connectivity index (χ1) is 8.54. The summed E-state index contributed by atoms with van der Waals surface area (Å²) in [6, 6.07) is 8.93. The van der Waals surface area contributed by atoms with Crippen LogP contribution in [-0.4, -0.2) is 19.8 Å². The molecule has 0 aliphatic carbocycles. The number of rotatable bonds is 7. The topological polar surface area (TPSA) is 21.3 Å². The van der Waals surface area contributed by atoms with Crippen molar-refractivity contribution in [3.05, 3.63) is 35.4 Å². The van der Waals surface area contributed by atoms with E-state index >= 15 is 0 Å². The van der Waals surface area contributed by atoms with Gasteiger partial charge in [0.25, 0.3) is 0 Å². The zero-order chi connectivity index (χ0) is 13.5. The summed E-state index contributed by atoms with van der Waals surface area (Å²) in [6.45, 7) is 9.54. The van der Waals surface area contributed by atoms with E-state index in [9.17, 15) is 0 Å². The van der Waals surface area contributed by atoms with Crippen LogP contribution in [0.15, 0.2) is 24.3 Å². The van der Waals surface area contributed by atoms with Crippen molar-refractivity contribution < 1.29 is 4.74 Å². The average Bonchev–Trinajstić information content (AvgIpc) is 2.32. The third kappa shape index (κ3) is 4.79. The zero-order valence-electron chi connectivity index (χ0n) is 12.4. The lowest BCUT2D eigenvalue weighted by Gasteiger charge is -2.25. The van der Waals surface area contributed by atoms with Crippen LogP contribution in [0.25, 0.3) is 0 Å². The molecule has 2 atom stereocenters. The molecule has 1 aromatic carbocycles. The first-order valence-corrected chi connectivity index (χ1v) is 6.90. The van der Waals surface area contributed by atoms with Crippen molar-refractivity contribution in [2.75, 3.05) is 13.7 Å². The molecule has 1 N–H and O–H groups in total. The van der Waals surface area contributed by atoms with Crippen LogP contribution in [0.4, 0.5) is 0 Å². The van der Waals surface area contributed by atoms with E-state index in [4.69, 9.17) is 4.74 Å². The second kappa shape index (κ2) is 7.55. The van der Waals surface area contributed by atoms with E-state index < -0.39 is 0 Å². The second-order valence-electron chi connectivity index (χ2n) is 5.44. The predicted octanol–water partition coefficient (Wildman–Crippen LogP) is 3.71. The molecule has 2 nitrogen and oxygen atoms in total. The molecule has 0 radical (unpaired) electrons. The number of likely N-dealkylation sites (N-methyl/N-ethyl adjacent to an activating group) is 1. The SMILES string of the molecule is CNC(c1ccc(C)cc1)C(C)OCCC(C)C. The molecule has 0 heterocycles. The first kappa shape index (κ1) is 15.2. The fraction of sp³-hybridized carbons (Fsp3) is 0.625. The fourth-order valence-electron chi connectivity index (χ4n) is 2.03. The highest BCUT2D eigenvalue weighted by Gasteiger charge is 2.17. The Morgan fingerprint density at radius 3 is 2.22 bits per heavy atom. The highest BCUT2D eigenvalue weighted by atomic mass is 16.5. The van der Waals surface area contributed by atoms with Crippen LogP contribution in [0.2, 0.25) is 0 Å². The van der Waals surface area contributed by atoms with Crippen molar-refractivity contribution in [2.45, 2.75) is 46.3 Å². The molecule has 2 unspecified atom stereocenters. The summed E-state index contributed by atoms with van der Waals surface area (Å²) in [4.78, 5) is 0. The quantitative estimate of drug-likeness (QED) is 0.795. The van der Waals surface area contributed by atoms with Crippen molar-refractivity contribution in [3.8, 4) is 0 Å². The minimum Gasteiger partial charge on any atom is -0.377 e. The molecule has 0 saturated carbocycles. The maximum absolute atomic E-state index is 5.93. The predicted molar refractivity (Wildman–Crippen MR) is 77.8 cm³/mol. The van der Waals surface area contributed by atoms with E-state index in [1.807, 2.05) is 7.05 Å². The van der Waals surface area contributed by atoms with Gasteiger partial charge in [-0.3, -0.25) is 0 Å². The van der Waals surface area contributed by atoms with E-state index in [-0.39, 0.29) is 12.1 Å². The van der Waals surface area contributed by atoms with Crippen LogP contribution in [0.1, 0.15) is 44.4 Å². The average molecular weight is 249 g/mol. The van der Waals surface area contributed by atoms with E-state index in [0.29, 0.717) is 5.92 Å². The van der Waals surface area contributed by atoms with E-state index in [2.05, 4.69) is 57.3 Å². The molecule has 1 aromatic rings. The van der Waals surface area contributed by atoms with Crippen LogP contribution in [0.3, 0.4) is 0 Å². The Hall–Kier alpha value is -0.860. The highest BCUT2D eigenvalue weighted by Crippen LogP contribution is 2.19. The van der Waals surface area contributed by atoms with E-state index in [0.717, 1.165) is 13.0 Å². The lowest BCUT2D eigenvalue weighted by atomic mass is 10.0.